The average molecular weight is 272 g/mol. The van der Waals surface area contributed by atoms with Gasteiger partial charge < -0.3 is 9.64 Å². The number of aromatic nitrogens is 3. The van der Waals surface area contributed by atoms with Gasteiger partial charge in [-0.3, -0.25) is 9.78 Å². The highest BCUT2D eigenvalue weighted by molar-refractivity contribution is 5.92. The van der Waals surface area contributed by atoms with Gasteiger partial charge in [0.2, 0.25) is 5.88 Å². The molecule has 20 heavy (non-hydrogen) atoms. The molecule has 1 aliphatic heterocycles. The Morgan fingerprint density at radius 2 is 2.40 bits per heavy atom. The second-order valence-electron chi connectivity index (χ2n) is 4.78. The third kappa shape index (κ3) is 2.49. The fraction of sp³-hybridized carbons (Fsp3) is 0.357. The molecule has 1 aliphatic rings. The lowest BCUT2D eigenvalue weighted by molar-refractivity contribution is 0.0776. The van der Waals surface area contributed by atoms with Crippen LogP contribution in [-0.2, 0) is 13.1 Å². The van der Waals surface area contributed by atoms with Gasteiger partial charge in [-0.05, 0) is 12.1 Å². The molecule has 2 aromatic rings. The molecule has 3 rings (SSSR count). The van der Waals surface area contributed by atoms with Gasteiger partial charge in [0.15, 0.2) is 5.69 Å². The number of carbonyl (C=O) groups is 1. The molecule has 0 radical (unpaired) electrons. The van der Waals surface area contributed by atoms with Crippen molar-refractivity contribution in [1.29, 1.82) is 0 Å². The van der Waals surface area contributed by atoms with Gasteiger partial charge in [0, 0.05) is 32.3 Å². The van der Waals surface area contributed by atoms with Crippen molar-refractivity contribution in [1.82, 2.24) is 19.7 Å². The van der Waals surface area contributed by atoms with Crippen molar-refractivity contribution in [3.05, 3.63) is 41.9 Å². The summed E-state index contributed by atoms with van der Waals surface area (Å²) in [7, 11) is 1.75. The Balaban J connectivity index is 1.73. The van der Waals surface area contributed by atoms with Crippen molar-refractivity contribution in [3.8, 4) is 5.88 Å². The molecule has 2 aromatic heterocycles. The molecule has 104 valence electrons. The molecule has 0 aromatic carbocycles. The predicted molar refractivity (Wildman–Crippen MR) is 72.4 cm³/mol. The van der Waals surface area contributed by atoms with E-state index in [4.69, 9.17) is 4.74 Å². The summed E-state index contributed by atoms with van der Waals surface area (Å²) in [6, 6.07) is 7.36. The van der Waals surface area contributed by atoms with Gasteiger partial charge in [-0.2, -0.15) is 5.10 Å². The Hall–Kier alpha value is -2.37. The Morgan fingerprint density at radius 3 is 3.15 bits per heavy atom. The minimum absolute atomic E-state index is 0.124. The third-order valence-electron chi connectivity index (χ3n) is 3.20. The number of ether oxygens (including phenoxy) is 1. The normalized spacial score (nSPS) is 13.4. The zero-order valence-corrected chi connectivity index (χ0v) is 11.3. The molecule has 6 nitrogen and oxygen atoms in total. The highest BCUT2D eigenvalue weighted by Gasteiger charge is 2.20. The van der Waals surface area contributed by atoms with Crippen molar-refractivity contribution in [2.45, 2.75) is 19.5 Å². The van der Waals surface area contributed by atoms with Crippen molar-refractivity contribution < 1.29 is 9.53 Å². The van der Waals surface area contributed by atoms with Gasteiger partial charge >= 0.3 is 0 Å². The van der Waals surface area contributed by atoms with Crippen LogP contribution in [0.4, 0.5) is 0 Å². The van der Waals surface area contributed by atoms with E-state index in [2.05, 4.69) is 10.1 Å². The van der Waals surface area contributed by atoms with Gasteiger partial charge in [0.1, 0.15) is 0 Å². The molecule has 0 atom stereocenters. The first-order chi connectivity index (χ1) is 9.74. The molecule has 0 N–H and O–H groups in total. The highest BCUT2D eigenvalue weighted by Crippen LogP contribution is 2.19. The fourth-order valence-electron chi connectivity index (χ4n) is 2.17. The Kier molecular flexibility index (Phi) is 3.37. The number of nitrogens with zero attached hydrogens (tertiary/aromatic N) is 4. The van der Waals surface area contributed by atoms with E-state index in [9.17, 15) is 4.79 Å². The first-order valence-corrected chi connectivity index (χ1v) is 6.60. The van der Waals surface area contributed by atoms with Crippen LogP contribution in [-0.4, -0.2) is 39.2 Å². The highest BCUT2D eigenvalue weighted by atomic mass is 16.5. The SMILES string of the molecule is CN(Cc1ccccn1)C(=O)c1cc2n(n1)CCCO2. The molecule has 0 bridgehead atoms. The Labute approximate surface area is 117 Å². The number of rotatable bonds is 3. The van der Waals surface area contributed by atoms with Gasteiger partial charge in [-0.25, -0.2) is 4.68 Å². The number of amides is 1. The first-order valence-electron chi connectivity index (χ1n) is 6.60. The van der Waals surface area contributed by atoms with Crippen LogP contribution in [0, 0.1) is 0 Å². The van der Waals surface area contributed by atoms with Gasteiger partial charge in [-0.15, -0.1) is 0 Å². The number of aryl methyl sites for hydroxylation is 1. The van der Waals surface area contributed by atoms with Crippen LogP contribution in [0.1, 0.15) is 22.6 Å². The summed E-state index contributed by atoms with van der Waals surface area (Å²) >= 11 is 0. The van der Waals surface area contributed by atoms with Crippen LogP contribution < -0.4 is 4.74 Å². The molecule has 0 aliphatic carbocycles. The standard InChI is InChI=1S/C14H16N4O2/c1-17(10-11-5-2-3-6-15-11)14(19)12-9-13-18(16-12)7-4-8-20-13/h2-3,5-6,9H,4,7-8,10H2,1H3. The molecule has 1 amide bonds. The van der Waals surface area contributed by atoms with E-state index in [1.54, 1.807) is 28.9 Å². The Morgan fingerprint density at radius 1 is 1.50 bits per heavy atom. The quantitative estimate of drug-likeness (QED) is 0.846. The predicted octanol–water partition coefficient (Wildman–Crippen LogP) is 1.33. The van der Waals surface area contributed by atoms with E-state index in [1.165, 1.54) is 0 Å². The summed E-state index contributed by atoms with van der Waals surface area (Å²) < 4.78 is 7.21. The van der Waals surface area contributed by atoms with Crippen molar-refractivity contribution in [2.75, 3.05) is 13.7 Å². The second-order valence-corrected chi connectivity index (χ2v) is 4.78. The van der Waals surface area contributed by atoms with Crippen LogP contribution in [0.15, 0.2) is 30.5 Å². The first kappa shape index (κ1) is 12.7. The van der Waals surface area contributed by atoms with E-state index in [0.29, 0.717) is 24.7 Å². The second kappa shape index (κ2) is 5.32. The molecule has 0 saturated carbocycles. The molecule has 6 heteroatoms. The van der Waals surface area contributed by atoms with E-state index in [0.717, 1.165) is 18.7 Å². The van der Waals surface area contributed by atoms with E-state index in [1.807, 2.05) is 18.2 Å². The van der Waals surface area contributed by atoms with Gasteiger partial charge in [0.25, 0.3) is 5.91 Å². The molecule has 0 fully saturated rings. The van der Waals surface area contributed by atoms with Crippen molar-refractivity contribution in [3.63, 3.8) is 0 Å². The minimum atomic E-state index is -0.124. The number of pyridine rings is 1. The molecular weight excluding hydrogens is 256 g/mol. The van der Waals surface area contributed by atoms with Crippen LogP contribution in [0.5, 0.6) is 5.88 Å². The monoisotopic (exact) mass is 272 g/mol. The van der Waals surface area contributed by atoms with Gasteiger partial charge in [-0.1, -0.05) is 6.07 Å². The van der Waals surface area contributed by atoms with Crippen LogP contribution in [0.25, 0.3) is 0 Å². The number of hydrogen-bond acceptors (Lipinski definition) is 4. The lowest BCUT2D eigenvalue weighted by Gasteiger charge is -2.15. The maximum Gasteiger partial charge on any atom is 0.274 e. The van der Waals surface area contributed by atoms with E-state index in [-0.39, 0.29) is 5.91 Å². The lowest BCUT2D eigenvalue weighted by atomic mass is 10.3. The van der Waals surface area contributed by atoms with Gasteiger partial charge in [0.05, 0.1) is 18.8 Å². The molecular formula is C14H16N4O2. The molecule has 0 spiro atoms. The average Bonchev–Trinajstić information content (AvgIpc) is 2.91. The molecule has 0 saturated heterocycles. The smallest absolute Gasteiger partial charge is 0.274 e. The number of fused-ring (bicyclic) bond motifs is 1. The maximum atomic E-state index is 12.3. The van der Waals surface area contributed by atoms with Crippen molar-refractivity contribution in [2.24, 2.45) is 0 Å². The summed E-state index contributed by atoms with van der Waals surface area (Å²) in [5.41, 5.74) is 1.27. The largest absolute Gasteiger partial charge is 0.478 e. The zero-order chi connectivity index (χ0) is 13.9. The fourth-order valence-corrected chi connectivity index (χ4v) is 2.17. The lowest BCUT2D eigenvalue weighted by Crippen LogP contribution is -2.27. The van der Waals surface area contributed by atoms with Crippen LogP contribution in [0.3, 0.4) is 0 Å². The summed E-state index contributed by atoms with van der Waals surface area (Å²) in [4.78, 5) is 18.2. The third-order valence-corrected chi connectivity index (χ3v) is 3.20. The van der Waals surface area contributed by atoms with E-state index < -0.39 is 0 Å². The van der Waals surface area contributed by atoms with Crippen LogP contribution >= 0.6 is 0 Å². The summed E-state index contributed by atoms with van der Waals surface area (Å²) in [5, 5.41) is 4.29. The topological polar surface area (TPSA) is 60.2 Å². The summed E-state index contributed by atoms with van der Waals surface area (Å²) in [6.45, 7) is 1.94. The number of carbonyl (C=O) groups excluding carboxylic acids is 1. The molecule has 3 heterocycles. The summed E-state index contributed by atoms with van der Waals surface area (Å²) in [6.07, 6.45) is 2.64. The zero-order valence-electron chi connectivity index (χ0n) is 11.3. The summed E-state index contributed by atoms with van der Waals surface area (Å²) in [5.74, 6) is 0.548. The van der Waals surface area contributed by atoms with E-state index >= 15 is 0 Å². The van der Waals surface area contributed by atoms with Crippen molar-refractivity contribution >= 4 is 5.91 Å². The van der Waals surface area contributed by atoms with Crippen LogP contribution in [0.2, 0.25) is 0 Å². The minimum Gasteiger partial charge on any atom is -0.478 e. The maximum absolute atomic E-state index is 12.3. The Bertz CT molecular complexity index is 585. The number of hydrogen-bond donors (Lipinski definition) is 0. The molecule has 0 unspecified atom stereocenters.